The van der Waals surface area contributed by atoms with Crippen LogP contribution in [0, 0.1) is 0 Å². The van der Waals surface area contributed by atoms with E-state index in [9.17, 15) is 40.2 Å². The van der Waals surface area contributed by atoms with E-state index in [1.54, 1.807) is 0 Å². The number of halogens is 3. The Bertz CT molecular complexity index is 855. The van der Waals surface area contributed by atoms with Crippen molar-refractivity contribution >= 4 is 31.2 Å². The molecule has 0 bridgehead atoms. The number of benzene rings is 1. The molecule has 1 aliphatic rings. The zero-order chi connectivity index (χ0) is 19.8. The van der Waals surface area contributed by atoms with Crippen molar-refractivity contribution in [2.75, 3.05) is 11.5 Å². The van der Waals surface area contributed by atoms with Gasteiger partial charge in [-0.1, -0.05) is 4.13 Å². The topological polar surface area (TPSA) is 130 Å². The molecule has 0 saturated carbocycles. The lowest BCUT2D eigenvalue weighted by Crippen LogP contribution is -2.42. The van der Waals surface area contributed by atoms with E-state index in [4.69, 9.17) is 0 Å². The summed E-state index contributed by atoms with van der Waals surface area (Å²) in [6.07, 6.45) is 2.81. The third-order valence-corrected chi connectivity index (χ3v) is 8.59. The Kier molecular flexibility index (Phi) is 5.90. The molecule has 1 fully saturated rings. The quantitative estimate of drug-likeness (QED) is 0.591. The fourth-order valence-corrected chi connectivity index (χ4v) is 6.64. The van der Waals surface area contributed by atoms with Gasteiger partial charge in [0.25, 0.3) is 0 Å². The van der Waals surface area contributed by atoms with Gasteiger partial charge in [-0.05, 0) is 19.3 Å². The van der Waals surface area contributed by atoms with Crippen LogP contribution >= 0.6 is 0 Å². The standard InChI is InChI=1S/C12H14F3NO7S3/c13-12(14,15)25(19,20)16-26(21,22)23-8-6-9(17)11(10(18)7-8)24-4-2-1-3-5-24/h6-7,16H,1-5H2,(H-,17,18)/p+1. The molecule has 1 aromatic carbocycles. The number of alkyl halides is 3. The van der Waals surface area contributed by atoms with Gasteiger partial charge in [-0.2, -0.15) is 21.6 Å². The molecule has 0 aliphatic carbocycles. The number of hydrogen-bond acceptors (Lipinski definition) is 7. The van der Waals surface area contributed by atoms with E-state index in [0.717, 1.165) is 42.9 Å². The Morgan fingerprint density at radius 2 is 1.50 bits per heavy atom. The maximum Gasteiger partial charge on any atom is 0.512 e. The van der Waals surface area contributed by atoms with Crippen molar-refractivity contribution in [3.63, 3.8) is 0 Å². The van der Waals surface area contributed by atoms with Crippen LogP contribution in [0.5, 0.6) is 17.2 Å². The molecular weight excluding hydrogens is 423 g/mol. The molecule has 2 rings (SSSR count). The molecule has 8 nitrogen and oxygen atoms in total. The third kappa shape index (κ3) is 4.86. The molecule has 1 saturated heterocycles. The van der Waals surface area contributed by atoms with Gasteiger partial charge < -0.3 is 14.4 Å². The summed E-state index contributed by atoms with van der Waals surface area (Å²) < 4.78 is 86.0. The second-order valence-corrected chi connectivity index (χ2v) is 10.7. The van der Waals surface area contributed by atoms with E-state index in [1.165, 1.54) is 0 Å². The van der Waals surface area contributed by atoms with Gasteiger partial charge >= 0.3 is 25.8 Å². The van der Waals surface area contributed by atoms with Gasteiger partial charge in [-0.25, -0.2) is 8.42 Å². The van der Waals surface area contributed by atoms with Crippen LogP contribution in [0.4, 0.5) is 13.2 Å². The van der Waals surface area contributed by atoms with Gasteiger partial charge in [-0.3, -0.25) is 0 Å². The summed E-state index contributed by atoms with van der Waals surface area (Å²) in [6.45, 7) is 0. The smallest absolute Gasteiger partial charge is 0.503 e. The van der Waals surface area contributed by atoms with Crippen LogP contribution in [0.3, 0.4) is 0 Å². The van der Waals surface area contributed by atoms with Gasteiger partial charge in [0.2, 0.25) is 4.90 Å². The van der Waals surface area contributed by atoms with Gasteiger partial charge in [-0.15, -0.1) is 0 Å². The Labute approximate surface area is 150 Å². The van der Waals surface area contributed by atoms with Crippen LogP contribution in [0.25, 0.3) is 0 Å². The van der Waals surface area contributed by atoms with Gasteiger partial charge in [0.15, 0.2) is 17.2 Å². The number of nitrogens with one attached hydrogen (secondary N) is 1. The van der Waals surface area contributed by atoms with Crippen LogP contribution in [-0.4, -0.2) is 44.1 Å². The summed E-state index contributed by atoms with van der Waals surface area (Å²) >= 11 is 0. The van der Waals surface area contributed by atoms with Crippen LogP contribution < -0.4 is 8.31 Å². The largest absolute Gasteiger partial charge is 0.512 e. The lowest BCUT2D eigenvalue weighted by Gasteiger charge is -2.16. The SMILES string of the molecule is O=S(=O)(NS(=O)(=O)C(F)(F)F)Oc1cc(O)c([S+]2CCCCC2)c(O)c1. The molecule has 1 aromatic rings. The predicted molar refractivity (Wildman–Crippen MR) is 86.6 cm³/mol. The summed E-state index contributed by atoms with van der Waals surface area (Å²) in [6, 6.07) is 1.58. The molecule has 1 aliphatic heterocycles. The normalized spacial score (nSPS) is 17.2. The Morgan fingerprint density at radius 1 is 1.00 bits per heavy atom. The van der Waals surface area contributed by atoms with Crippen molar-refractivity contribution in [3.05, 3.63) is 12.1 Å². The third-order valence-electron chi connectivity index (χ3n) is 3.32. The maximum absolute atomic E-state index is 12.2. The maximum atomic E-state index is 12.2. The lowest BCUT2D eigenvalue weighted by atomic mass is 10.3. The van der Waals surface area contributed by atoms with Crippen LogP contribution in [0.15, 0.2) is 17.0 Å². The minimum absolute atomic E-state index is 0.213. The van der Waals surface area contributed by atoms with Crippen LogP contribution in [-0.2, 0) is 31.2 Å². The molecule has 148 valence electrons. The molecule has 14 heteroatoms. The molecule has 26 heavy (non-hydrogen) atoms. The summed E-state index contributed by atoms with van der Waals surface area (Å²) in [7, 11) is -12.1. The number of aromatic hydroxyl groups is 2. The monoisotopic (exact) mass is 438 g/mol. The molecule has 0 atom stereocenters. The van der Waals surface area contributed by atoms with Crippen LogP contribution in [0.1, 0.15) is 19.3 Å². The molecular formula is C12H15F3NO7S3+. The highest BCUT2D eigenvalue weighted by molar-refractivity contribution is 8.03. The predicted octanol–water partition coefficient (Wildman–Crippen LogP) is 1.32. The van der Waals surface area contributed by atoms with Crippen molar-refractivity contribution in [2.45, 2.75) is 29.7 Å². The van der Waals surface area contributed by atoms with Crippen molar-refractivity contribution in [1.82, 2.24) is 4.13 Å². The van der Waals surface area contributed by atoms with Crippen LogP contribution in [0.2, 0.25) is 0 Å². The molecule has 1 heterocycles. The summed E-state index contributed by atoms with van der Waals surface area (Å²) in [5.74, 6) is -0.261. The Hall–Kier alpha value is -1.38. The molecule has 3 N–H and O–H groups in total. The fourth-order valence-electron chi connectivity index (χ4n) is 2.28. The van der Waals surface area contributed by atoms with E-state index in [-0.39, 0.29) is 4.90 Å². The summed E-state index contributed by atoms with van der Waals surface area (Å²) in [5, 5.41) is 20.1. The summed E-state index contributed by atoms with van der Waals surface area (Å²) in [4.78, 5) is 0.213. The number of rotatable bonds is 5. The van der Waals surface area contributed by atoms with Gasteiger partial charge in [0.1, 0.15) is 11.5 Å². The molecule has 0 aromatic heterocycles. The lowest BCUT2D eigenvalue weighted by molar-refractivity contribution is -0.0442. The Morgan fingerprint density at radius 3 is 1.96 bits per heavy atom. The minimum Gasteiger partial charge on any atom is -0.503 e. The summed E-state index contributed by atoms with van der Waals surface area (Å²) in [5.41, 5.74) is -5.86. The fraction of sp³-hybridized carbons (Fsp3) is 0.500. The van der Waals surface area contributed by atoms with Gasteiger partial charge in [0, 0.05) is 23.0 Å². The molecule has 0 spiro atoms. The van der Waals surface area contributed by atoms with E-state index in [0.29, 0.717) is 4.13 Å². The second-order valence-electron chi connectivity index (χ2n) is 5.32. The second kappa shape index (κ2) is 7.32. The zero-order valence-electron chi connectivity index (χ0n) is 13.0. The highest BCUT2D eigenvalue weighted by Gasteiger charge is 2.49. The molecule has 0 unspecified atom stereocenters. The minimum atomic E-state index is -6.21. The van der Waals surface area contributed by atoms with Crippen molar-refractivity contribution in [1.29, 1.82) is 0 Å². The number of sulfonamides is 1. The first-order chi connectivity index (χ1) is 11.8. The highest BCUT2D eigenvalue weighted by Crippen LogP contribution is 2.40. The van der Waals surface area contributed by atoms with Crippen molar-refractivity contribution < 1.29 is 44.4 Å². The number of phenolic OH excluding ortho intramolecular Hbond substituents is 2. The van der Waals surface area contributed by atoms with E-state index < -0.39 is 54.0 Å². The van der Waals surface area contributed by atoms with E-state index in [1.807, 2.05) is 0 Å². The molecule has 0 amide bonds. The van der Waals surface area contributed by atoms with E-state index in [2.05, 4.69) is 4.18 Å². The first kappa shape index (κ1) is 20.9. The van der Waals surface area contributed by atoms with Crippen molar-refractivity contribution in [2.24, 2.45) is 0 Å². The van der Waals surface area contributed by atoms with Crippen molar-refractivity contribution in [3.8, 4) is 17.2 Å². The first-order valence-corrected chi connectivity index (χ1v) is 11.6. The molecule has 0 radical (unpaired) electrons. The average Bonchev–Trinajstić information content (AvgIpc) is 2.44. The number of hydrogen-bond donors (Lipinski definition) is 3. The average molecular weight is 438 g/mol. The zero-order valence-corrected chi connectivity index (χ0v) is 15.4. The van der Waals surface area contributed by atoms with E-state index >= 15 is 0 Å². The van der Waals surface area contributed by atoms with Gasteiger partial charge in [0.05, 0.1) is 0 Å². The number of phenols is 2. The highest BCUT2D eigenvalue weighted by atomic mass is 32.3. The first-order valence-electron chi connectivity index (χ1n) is 7.10. The Balaban J connectivity index is 2.25.